The van der Waals surface area contributed by atoms with Gasteiger partial charge >= 0.3 is 11.9 Å². The molecule has 12 N–H and O–H groups in total. The van der Waals surface area contributed by atoms with Gasteiger partial charge in [0.1, 0.15) is 30.3 Å². The fraction of sp³-hybridized carbons (Fsp3) is 0.673. The number of allylic oxidation sites excluding steroid dienone is 12. The lowest BCUT2D eigenvalue weighted by Crippen LogP contribution is -2.63. The lowest BCUT2D eigenvalue weighted by Gasteiger charge is -2.46. The number of carbonyl (C=O) groups excluding carboxylic acids is 2. The van der Waals surface area contributed by atoms with Crippen LogP contribution in [0.15, 0.2) is 85.1 Å². The minimum absolute atomic E-state index is 0. The first-order valence-electron chi connectivity index (χ1n) is 22.8. The summed E-state index contributed by atoms with van der Waals surface area (Å²) in [6.45, 7) is 6.69. The summed E-state index contributed by atoms with van der Waals surface area (Å²) in [7, 11) is 1.01. The normalized spacial score (nSPS) is 44.9. The van der Waals surface area contributed by atoms with Crippen molar-refractivity contribution in [2.45, 2.75) is 184 Å². The second-order valence-electron chi connectivity index (χ2n) is 17.8. The maximum absolute atomic E-state index is 16.8. The van der Waals surface area contributed by atoms with E-state index in [9.17, 15) is 60.7 Å². The number of aliphatic hydroxyl groups is 10. The molecule has 2 saturated heterocycles. The molecule has 2 fully saturated rings. The first-order valence-corrected chi connectivity index (χ1v) is 22.8. The molecule has 0 aromatic carbocycles. The van der Waals surface area contributed by atoms with Crippen LogP contribution in [-0.2, 0) is 33.3 Å². The molecule has 0 aliphatic carbocycles. The molecule has 3 aliphatic rings. The van der Waals surface area contributed by atoms with Crippen molar-refractivity contribution in [1.29, 1.82) is 0 Å². The molecule has 0 radical (unpaired) electrons. The summed E-state index contributed by atoms with van der Waals surface area (Å²) in [6.07, 6.45) is -1.03. The number of fused-ring (bicyclic) bond motifs is 2. The van der Waals surface area contributed by atoms with Crippen molar-refractivity contribution >= 4 is 11.9 Å². The number of alkyl halides is 1. The molecule has 19 heteroatoms. The number of hydrogen-bond donors (Lipinski definition) is 11. The fourth-order valence-corrected chi connectivity index (χ4v) is 8.02. The summed E-state index contributed by atoms with van der Waals surface area (Å²) in [5, 5.41) is 108. The molecule has 68 heavy (non-hydrogen) atoms. The van der Waals surface area contributed by atoms with Crippen LogP contribution in [0.2, 0.25) is 0 Å². The molecular weight excluding hydrogens is 894 g/mol. The van der Waals surface area contributed by atoms with E-state index in [4.69, 9.17) is 29.4 Å². The Kier molecular flexibility index (Phi) is 26.4. The Labute approximate surface area is 399 Å². The van der Waals surface area contributed by atoms with Crippen molar-refractivity contribution in [2.24, 2.45) is 23.5 Å². The molecule has 3 heterocycles. The molecule has 0 aromatic heterocycles. The predicted octanol–water partition coefficient (Wildman–Crippen LogP) is 1.38. The van der Waals surface area contributed by atoms with Crippen LogP contribution in [0.4, 0.5) is 4.39 Å². The molecule has 388 valence electrons. The van der Waals surface area contributed by atoms with Crippen LogP contribution in [0, 0.1) is 17.8 Å². The molecule has 2 bridgehead atoms. The van der Waals surface area contributed by atoms with Crippen molar-refractivity contribution in [3.05, 3.63) is 85.1 Å². The zero-order valence-corrected chi connectivity index (χ0v) is 38.8. The van der Waals surface area contributed by atoms with Crippen molar-refractivity contribution < 1.29 is 88.7 Å². The smallest absolute Gasteiger partial charge is 0.314 e. The second kappa shape index (κ2) is 29.6. The fourth-order valence-electron chi connectivity index (χ4n) is 8.02. The number of hydrogen-bond acceptors (Lipinski definition) is 18. The lowest BCUT2D eigenvalue weighted by molar-refractivity contribution is -0.319. The van der Waals surface area contributed by atoms with Crippen LogP contribution in [-0.4, -0.2) is 174 Å². The third-order valence-electron chi connectivity index (χ3n) is 12.3. The van der Waals surface area contributed by atoms with Crippen LogP contribution in [0.1, 0.15) is 80.1 Å². The minimum atomic E-state index is -3.26. The van der Waals surface area contributed by atoms with E-state index in [2.05, 4.69) is 0 Å². The second-order valence-corrected chi connectivity index (χ2v) is 17.8. The molecule has 0 saturated carbocycles. The average Bonchev–Trinajstić information content (AvgIpc) is 3.27. The molecule has 20 atom stereocenters. The molecule has 20 unspecified atom stereocenters. The Morgan fingerprint density at radius 3 is 1.82 bits per heavy atom. The van der Waals surface area contributed by atoms with E-state index in [0.717, 1.165) is 7.11 Å². The van der Waals surface area contributed by atoms with Crippen molar-refractivity contribution in [1.82, 2.24) is 0 Å². The summed E-state index contributed by atoms with van der Waals surface area (Å²) in [5.41, 5.74) is 6.02. The summed E-state index contributed by atoms with van der Waals surface area (Å²) < 4.78 is 44.6. The number of ether oxygens (including phenoxy) is 5. The monoisotopic (exact) mass is 972 g/mol. The third kappa shape index (κ3) is 18.7. The number of esters is 2. The highest BCUT2D eigenvalue weighted by atomic mass is 19.2. The van der Waals surface area contributed by atoms with Gasteiger partial charge in [0.05, 0.1) is 80.6 Å². The average molecular weight is 972 g/mol. The highest BCUT2D eigenvalue weighted by Crippen LogP contribution is 2.41. The zero-order chi connectivity index (χ0) is 50.0. The van der Waals surface area contributed by atoms with E-state index in [-0.39, 0.29) is 32.6 Å². The van der Waals surface area contributed by atoms with Crippen molar-refractivity contribution in [2.75, 3.05) is 7.11 Å². The number of nitrogens with two attached hydrogens (primary N) is 1. The van der Waals surface area contributed by atoms with E-state index >= 15 is 4.39 Å². The van der Waals surface area contributed by atoms with Gasteiger partial charge in [0.15, 0.2) is 6.29 Å². The van der Waals surface area contributed by atoms with Crippen LogP contribution in [0.5, 0.6) is 0 Å². The van der Waals surface area contributed by atoms with Gasteiger partial charge in [-0.3, -0.25) is 9.59 Å². The number of aliphatic hydroxyl groups excluding tert-OH is 10. The van der Waals surface area contributed by atoms with Gasteiger partial charge in [-0.2, -0.15) is 0 Å². The van der Waals surface area contributed by atoms with E-state index in [1.807, 2.05) is 13.0 Å². The van der Waals surface area contributed by atoms with Gasteiger partial charge in [0.25, 0.3) is 0 Å². The first-order chi connectivity index (χ1) is 31.6. The number of methoxy groups -OCH3 is 1. The summed E-state index contributed by atoms with van der Waals surface area (Å²) in [5.74, 6) is -7.56. The van der Waals surface area contributed by atoms with E-state index in [1.165, 1.54) is 19.1 Å². The van der Waals surface area contributed by atoms with Crippen molar-refractivity contribution in [3.63, 3.8) is 0 Å². The van der Waals surface area contributed by atoms with Gasteiger partial charge < -0.3 is 80.5 Å². The molecule has 0 amide bonds. The molecule has 18 nitrogen and oxygen atoms in total. The highest BCUT2D eigenvalue weighted by molar-refractivity contribution is 5.74. The standard InChI is InChI=1S/C48H74FNO17.CH4/c1-27-18-16-14-12-10-8-6-7-9-11-13-15-17-19-34(66-47-44(60)40(50)42(58)30(4)65-47)25-37-39(46(62)63-5)43(59)45(61)48(49,67-37)26-33(53)23-36(55)35(54)21-20-31(51)22-32(52)24-38(56)64-29(3)28(2)41(27)57;/h6-19,27-37,39-45,47,51-55,57-61H,20-26,50H2,1-5H3;1H4/b7-6+,10-8+,11-9+,14-12+,15-13+,18-16+,19-17+;. The van der Waals surface area contributed by atoms with Crippen molar-refractivity contribution in [3.8, 4) is 0 Å². The van der Waals surface area contributed by atoms with Gasteiger partial charge in [0, 0.05) is 31.1 Å². The highest BCUT2D eigenvalue weighted by Gasteiger charge is 2.58. The van der Waals surface area contributed by atoms with Crippen LogP contribution in [0.25, 0.3) is 0 Å². The molecule has 0 aromatic rings. The maximum Gasteiger partial charge on any atom is 0.314 e. The Bertz CT molecular complexity index is 1720. The zero-order valence-electron chi connectivity index (χ0n) is 38.8. The Hall–Kier alpha value is -3.51. The van der Waals surface area contributed by atoms with Gasteiger partial charge in [-0.05, 0) is 33.1 Å². The van der Waals surface area contributed by atoms with Gasteiger partial charge in [-0.1, -0.05) is 106 Å². The first kappa shape index (κ1) is 60.6. The topological polar surface area (TPSA) is 309 Å². The van der Waals surface area contributed by atoms with Gasteiger partial charge in [0.2, 0.25) is 5.85 Å². The van der Waals surface area contributed by atoms with Gasteiger partial charge in [-0.25, -0.2) is 4.39 Å². The minimum Gasteiger partial charge on any atom is -0.469 e. The summed E-state index contributed by atoms with van der Waals surface area (Å²) >= 11 is 0. The Balaban J connectivity index is 0.0000159. The van der Waals surface area contributed by atoms with Crippen LogP contribution in [0.3, 0.4) is 0 Å². The SMILES string of the molecule is C.COC(=O)C1C2CC(OC3OC(C)C(O)C(N)C3O)/C=C/C=C/C=C/C=C/C=C/C=C/C=C/C(C)C(O)C(C)C(C)OC(=O)CC(O)CC(O)CCC(O)C(O)CC(O)CC(F)(O2)C(O)C1O. The number of rotatable bonds is 3. The Morgan fingerprint density at radius 2 is 1.25 bits per heavy atom. The number of carbonyl (C=O) groups is 2. The van der Waals surface area contributed by atoms with E-state index in [1.54, 1.807) is 80.7 Å². The predicted molar refractivity (Wildman–Crippen MR) is 248 cm³/mol. The van der Waals surface area contributed by atoms with Crippen LogP contribution < -0.4 is 5.73 Å². The molecular formula is C49H78FNO17. The van der Waals surface area contributed by atoms with E-state index in [0.29, 0.717) is 0 Å². The lowest BCUT2D eigenvalue weighted by atomic mass is 9.81. The Morgan fingerprint density at radius 1 is 0.691 bits per heavy atom. The largest absolute Gasteiger partial charge is 0.469 e. The van der Waals surface area contributed by atoms with E-state index < -0.39 is 153 Å². The summed E-state index contributed by atoms with van der Waals surface area (Å²) in [4.78, 5) is 25.7. The molecule has 0 spiro atoms. The van der Waals surface area contributed by atoms with Gasteiger partial charge in [-0.15, -0.1) is 0 Å². The quantitative estimate of drug-likeness (QED) is 0.178. The molecule has 3 rings (SSSR count). The molecule has 3 aliphatic heterocycles. The number of halogens is 1. The maximum atomic E-state index is 16.8. The number of cyclic esters (lactones) is 1. The summed E-state index contributed by atoms with van der Waals surface area (Å²) in [6, 6.07) is -1.19. The third-order valence-corrected chi connectivity index (χ3v) is 12.3. The van der Waals surface area contributed by atoms with Crippen LogP contribution >= 0.6 is 0 Å².